The molecule has 0 aliphatic carbocycles. The fourth-order valence-electron chi connectivity index (χ4n) is 2.58. The molecule has 1 atom stereocenters. The molecule has 0 saturated carbocycles. The van der Waals surface area contributed by atoms with Gasteiger partial charge in [0.2, 0.25) is 5.95 Å². The summed E-state index contributed by atoms with van der Waals surface area (Å²) in [5.74, 6) is 1.61. The molecule has 0 unspecified atom stereocenters. The Labute approximate surface area is 119 Å². The highest BCUT2D eigenvalue weighted by Gasteiger charge is 2.24. The van der Waals surface area contributed by atoms with Gasteiger partial charge in [-0.2, -0.15) is 4.98 Å². The predicted octanol–water partition coefficient (Wildman–Crippen LogP) is 2.24. The van der Waals surface area contributed by atoms with Crippen molar-refractivity contribution in [1.82, 2.24) is 14.9 Å². The van der Waals surface area contributed by atoms with Crippen LogP contribution in [0.15, 0.2) is 6.07 Å². The molecule has 1 fully saturated rings. The number of rotatable bonds is 5. The summed E-state index contributed by atoms with van der Waals surface area (Å²) in [4.78, 5) is 10.5. The van der Waals surface area contributed by atoms with Gasteiger partial charge in [-0.1, -0.05) is 25.4 Å². The van der Waals surface area contributed by atoms with E-state index in [4.69, 9.17) is 17.3 Å². The van der Waals surface area contributed by atoms with Crippen LogP contribution in [0, 0.1) is 5.92 Å². The normalized spacial score (nSPS) is 20.1. The molecule has 0 bridgehead atoms. The Morgan fingerprint density at radius 1 is 1.53 bits per heavy atom. The molecule has 1 aromatic rings. The SMILES string of the molecule is CC(C)CN1CCC[C@@H]1CNc1cc(Cl)nc(N)n1. The van der Waals surface area contributed by atoms with Gasteiger partial charge in [0.1, 0.15) is 11.0 Å². The summed E-state index contributed by atoms with van der Waals surface area (Å²) in [5.41, 5.74) is 5.58. The van der Waals surface area contributed by atoms with E-state index in [0.717, 1.165) is 13.1 Å². The number of likely N-dealkylation sites (tertiary alicyclic amines) is 1. The molecule has 1 aliphatic heterocycles. The topological polar surface area (TPSA) is 67.1 Å². The Morgan fingerprint density at radius 3 is 3.00 bits per heavy atom. The Morgan fingerprint density at radius 2 is 2.32 bits per heavy atom. The highest BCUT2D eigenvalue weighted by molar-refractivity contribution is 6.29. The molecule has 2 rings (SSSR count). The molecule has 2 heterocycles. The quantitative estimate of drug-likeness (QED) is 0.811. The molecule has 19 heavy (non-hydrogen) atoms. The van der Waals surface area contributed by atoms with Gasteiger partial charge in [0, 0.05) is 25.2 Å². The van der Waals surface area contributed by atoms with Crippen LogP contribution in [-0.2, 0) is 0 Å². The van der Waals surface area contributed by atoms with Crippen molar-refractivity contribution in [2.75, 3.05) is 30.7 Å². The van der Waals surface area contributed by atoms with E-state index in [-0.39, 0.29) is 5.95 Å². The molecule has 3 N–H and O–H groups in total. The van der Waals surface area contributed by atoms with Crippen LogP contribution in [0.25, 0.3) is 0 Å². The van der Waals surface area contributed by atoms with Crippen LogP contribution in [0.3, 0.4) is 0 Å². The maximum atomic E-state index is 5.86. The molecule has 0 aromatic carbocycles. The van der Waals surface area contributed by atoms with Gasteiger partial charge in [-0.3, -0.25) is 4.90 Å². The van der Waals surface area contributed by atoms with Gasteiger partial charge in [-0.15, -0.1) is 0 Å². The van der Waals surface area contributed by atoms with Crippen molar-refractivity contribution in [2.45, 2.75) is 32.7 Å². The first-order valence-electron chi connectivity index (χ1n) is 6.82. The maximum Gasteiger partial charge on any atom is 0.223 e. The zero-order valence-electron chi connectivity index (χ0n) is 11.6. The summed E-state index contributed by atoms with van der Waals surface area (Å²) in [5, 5.41) is 3.69. The van der Waals surface area contributed by atoms with E-state index < -0.39 is 0 Å². The van der Waals surface area contributed by atoms with E-state index in [0.29, 0.717) is 22.9 Å². The monoisotopic (exact) mass is 283 g/mol. The molecular weight excluding hydrogens is 262 g/mol. The Bertz CT molecular complexity index is 403. The van der Waals surface area contributed by atoms with Crippen LogP contribution in [0.1, 0.15) is 26.7 Å². The third-order valence-corrected chi connectivity index (χ3v) is 3.52. The third kappa shape index (κ3) is 4.21. The number of hydrogen-bond donors (Lipinski definition) is 2. The molecule has 6 heteroatoms. The third-order valence-electron chi connectivity index (χ3n) is 3.33. The largest absolute Gasteiger partial charge is 0.368 e. The number of aromatic nitrogens is 2. The van der Waals surface area contributed by atoms with E-state index in [1.165, 1.54) is 19.4 Å². The van der Waals surface area contributed by atoms with E-state index in [1.807, 2.05) is 0 Å². The van der Waals surface area contributed by atoms with Crippen LogP contribution in [0.5, 0.6) is 0 Å². The van der Waals surface area contributed by atoms with Crippen LogP contribution in [-0.4, -0.2) is 40.5 Å². The van der Waals surface area contributed by atoms with Crippen molar-refractivity contribution in [3.05, 3.63) is 11.2 Å². The summed E-state index contributed by atoms with van der Waals surface area (Å²) in [7, 11) is 0. The number of halogens is 1. The summed E-state index contributed by atoms with van der Waals surface area (Å²) in [6.07, 6.45) is 2.50. The summed E-state index contributed by atoms with van der Waals surface area (Å²) >= 11 is 5.86. The minimum atomic E-state index is 0.209. The number of nitrogen functional groups attached to an aromatic ring is 1. The average Bonchev–Trinajstić information content (AvgIpc) is 2.71. The minimum Gasteiger partial charge on any atom is -0.368 e. The van der Waals surface area contributed by atoms with E-state index in [1.54, 1.807) is 6.07 Å². The molecule has 1 saturated heterocycles. The maximum absolute atomic E-state index is 5.86. The van der Waals surface area contributed by atoms with Gasteiger partial charge < -0.3 is 11.1 Å². The highest BCUT2D eigenvalue weighted by Crippen LogP contribution is 2.20. The molecule has 0 radical (unpaired) electrons. The molecule has 0 spiro atoms. The van der Waals surface area contributed by atoms with E-state index >= 15 is 0 Å². The number of nitrogens with one attached hydrogen (secondary N) is 1. The average molecular weight is 284 g/mol. The molecule has 1 aliphatic rings. The number of nitrogens with zero attached hydrogens (tertiary/aromatic N) is 3. The molecule has 0 amide bonds. The molecule has 106 valence electrons. The Balaban J connectivity index is 1.90. The highest BCUT2D eigenvalue weighted by atomic mass is 35.5. The second kappa shape index (κ2) is 6.39. The minimum absolute atomic E-state index is 0.209. The van der Waals surface area contributed by atoms with Crippen LogP contribution in [0.4, 0.5) is 11.8 Å². The fraction of sp³-hybridized carbons (Fsp3) is 0.692. The number of hydrogen-bond acceptors (Lipinski definition) is 5. The van der Waals surface area contributed by atoms with Gasteiger partial charge in [0.15, 0.2) is 0 Å². The smallest absolute Gasteiger partial charge is 0.223 e. The molecular formula is C13H22ClN5. The lowest BCUT2D eigenvalue weighted by Gasteiger charge is -2.26. The van der Waals surface area contributed by atoms with Crippen molar-refractivity contribution in [3.63, 3.8) is 0 Å². The second-order valence-corrected chi connectivity index (χ2v) is 5.89. The summed E-state index contributed by atoms with van der Waals surface area (Å²) in [6.45, 7) is 7.73. The van der Waals surface area contributed by atoms with Crippen molar-refractivity contribution in [1.29, 1.82) is 0 Å². The second-order valence-electron chi connectivity index (χ2n) is 5.50. The Kier molecular flexibility index (Phi) is 4.82. The van der Waals surface area contributed by atoms with Crippen molar-refractivity contribution >= 4 is 23.4 Å². The fourth-order valence-corrected chi connectivity index (χ4v) is 2.77. The van der Waals surface area contributed by atoms with Gasteiger partial charge in [-0.25, -0.2) is 4.98 Å². The number of anilines is 2. The zero-order chi connectivity index (χ0) is 13.8. The Hall–Kier alpha value is -1.07. The first-order valence-corrected chi connectivity index (χ1v) is 7.20. The van der Waals surface area contributed by atoms with Gasteiger partial charge in [-0.05, 0) is 25.3 Å². The lowest BCUT2D eigenvalue weighted by atomic mass is 10.1. The lowest BCUT2D eigenvalue weighted by molar-refractivity contribution is 0.234. The van der Waals surface area contributed by atoms with Crippen molar-refractivity contribution in [3.8, 4) is 0 Å². The zero-order valence-corrected chi connectivity index (χ0v) is 12.3. The van der Waals surface area contributed by atoms with Crippen molar-refractivity contribution in [2.24, 2.45) is 5.92 Å². The number of nitrogens with two attached hydrogens (primary N) is 1. The van der Waals surface area contributed by atoms with Crippen LogP contribution >= 0.6 is 11.6 Å². The van der Waals surface area contributed by atoms with Crippen LogP contribution in [0.2, 0.25) is 5.15 Å². The van der Waals surface area contributed by atoms with Gasteiger partial charge in [0.25, 0.3) is 0 Å². The predicted molar refractivity (Wildman–Crippen MR) is 79.4 cm³/mol. The molecule has 5 nitrogen and oxygen atoms in total. The van der Waals surface area contributed by atoms with Gasteiger partial charge >= 0.3 is 0 Å². The van der Waals surface area contributed by atoms with Crippen LogP contribution < -0.4 is 11.1 Å². The molecule has 1 aromatic heterocycles. The summed E-state index contributed by atoms with van der Waals surface area (Å²) in [6, 6.07) is 2.27. The lowest BCUT2D eigenvalue weighted by Crippen LogP contribution is -2.37. The van der Waals surface area contributed by atoms with Crippen molar-refractivity contribution < 1.29 is 0 Å². The van der Waals surface area contributed by atoms with Gasteiger partial charge in [0.05, 0.1) is 0 Å². The first-order chi connectivity index (χ1) is 9.04. The van der Waals surface area contributed by atoms with E-state index in [2.05, 4.69) is 34.0 Å². The first kappa shape index (κ1) is 14.3. The van der Waals surface area contributed by atoms with E-state index in [9.17, 15) is 0 Å². The summed E-state index contributed by atoms with van der Waals surface area (Å²) < 4.78 is 0. The standard InChI is InChI=1S/C13H22ClN5/c1-9(2)8-19-5-3-4-10(19)7-16-12-6-11(14)17-13(15)18-12/h6,9-10H,3-5,7-8H2,1-2H3,(H3,15,16,17,18)/t10-/m1/s1.